The quantitative estimate of drug-likeness (QED) is 0.571. The van der Waals surface area contributed by atoms with E-state index in [2.05, 4.69) is 4.98 Å². The number of sulfonamides is 1. The molecule has 0 spiro atoms. The molecule has 10 nitrogen and oxygen atoms in total. The highest BCUT2D eigenvalue weighted by Gasteiger charge is 2.35. The van der Waals surface area contributed by atoms with Crippen LogP contribution >= 0.6 is 0 Å². The Balaban J connectivity index is 1.97. The summed E-state index contributed by atoms with van der Waals surface area (Å²) in [6.07, 6.45) is 2.15. The number of amides is 2. The molecule has 1 aliphatic heterocycles. The van der Waals surface area contributed by atoms with Gasteiger partial charge < -0.3 is 19.3 Å². The minimum atomic E-state index is -3.97. The first kappa shape index (κ1) is 28.6. The summed E-state index contributed by atoms with van der Waals surface area (Å²) in [4.78, 5) is 33.1. The number of aromatic nitrogens is 1. The van der Waals surface area contributed by atoms with Gasteiger partial charge in [0.2, 0.25) is 10.0 Å². The number of nitrogens with zero attached hydrogens (tertiary/aromatic N) is 4. The number of carbonyl (C=O) groups excluding carboxylic acids is 2. The fourth-order valence-corrected chi connectivity index (χ4v) is 5.66. The first-order chi connectivity index (χ1) is 17.1. The molecule has 0 saturated carbocycles. The van der Waals surface area contributed by atoms with Gasteiger partial charge in [-0.3, -0.25) is 4.98 Å². The maximum absolute atomic E-state index is 13.9. The van der Waals surface area contributed by atoms with Crippen LogP contribution in [0, 0.1) is 0 Å². The Morgan fingerprint density at radius 3 is 2.05 bits per heavy atom. The van der Waals surface area contributed by atoms with Crippen molar-refractivity contribution >= 4 is 33.0 Å². The number of fused-ring (bicyclic) bond motifs is 1. The fourth-order valence-electron chi connectivity index (χ4n) is 4.01. The second-order valence-corrected chi connectivity index (χ2v) is 13.1. The minimum absolute atomic E-state index is 0.0410. The van der Waals surface area contributed by atoms with Crippen molar-refractivity contribution in [3.05, 3.63) is 36.7 Å². The van der Waals surface area contributed by atoms with Crippen LogP contribution in [0.3, 0.4) is 0 Å². The van der Waals surface area contributed by atoms with E-state index in [0.29, 0.717) is 0 Å². The van der Waals surface area contributed by atoms with Crippen molar-refractivity contribution in [1.29, 1.82) is 0 Å². The lowest BCUT2D eigenvalue weighted by Crippen LogP contribution is -2.48. The van der Waals surface area contributed by atoms with Gasteiger partial charge in [-0.25, -0.2) is 18.0 Å². The number of benzene rings is 1. The minimum Gasteiger partial charge on any atom is -0.444 e. The SMILES string of the molecule is CC1CN(C(=O)OC(C)(C)C)CCN(C(=O)OC(C)(C)C)CCN1S(=O)(=O)c1ccc2cnccc2c1. The van der Waals surface area contributed by atoms with Gasteiger partial charge in [0.25, 0.3) is 0 Å². The van der Waals surface area contributed by atoms with Gasteiger partial charge in [0.1, 0.15) is 11.2 Å². The van der Waals surface area contributed by atoms with E-state index in [4.69, 9.17) is 9.47 Å². The Morgan fingerprint density at radius 1 is 0.865 bits per heavy atom. The molecule has 11 heteroatoms. The number of hydrogen-bond acceptors (Lipinski definition) is 7. The second-order valence-electron chi connectivity index (χ2n) is 11.2. The summed E-state index contributed by atoms with van der Waals surface area (Å²) in [5.74, 6) is 0. The van der Waals surface area contributed by atoms with Crippen molar-refractivity contribution in [1.82, 2.24) is 19.1 Å². The maximum Gasteiger partial charge on any atom is 0.410 e. The molecule has 1 unspecified atom stereocenters. The third kappa shape index (κ3) is 7.54. The van der Waals surface area contributed by atoms with Crippen LogP contribution in [-0.2, 0) is 19.5 Å². The largest absolute Gasteiger partial charge is 0.444 e. The van der Waals surface area contributed by atoms with E-state index < -0.39 is 39.5 Å². The average molecular weight is 535 g/mol. The number of ether oxygens (including phenoxy) is 2. The standard InChI is InChI=1S/C26H38N4O6S/c1-19-18-29(24(32)36-26(5,6)7)13-12-28(23(31)35-25(2,3)4)14-15-30(19)37(33,34)22-9-8-21-17-27-11-10-20(21)16-22/h8-11,16-17,19H,12-15,18H2,1-7H3. The summed E-state index contributed by atoms with van der Waals surface area (Å²) in [5.41, 5.74) is -1.45. The summed E-state index contributed by atoms with van der Waals surface area (Å²) >= 11 is 0. The molecule has 2 heterocycles. The van der Waals surface area contributed by atoms with Crippen molar-refractivity contribution in [3.8, 4) is 0 Å². The van der Waals surface area contributed by atoms with Crippen molar-refractivity contribution in [2.75, 3.05) is 32.7 Å². The van der Waals surface area contributed by atoms with Crippen LogP contribution in [0.2, 0.25) is 0 Å². The van der Waals surface area contributed by atoms with E-state index in [1.165, 1.54) is 14.1 Å². The summed E-state index contributed by atoms with van der Waals surface area (Å²) in [5, 5.41) is 1.57. The Morgan fingerprint density at radius 2 is 1.43 bits per heavy atom. The van der Waals surface area contributed by atoms with E-state index >= 15 is 0 Å². The molecule has 0 radical (unpaired) electrons. The molecule has 1 fully saturated rings. The molecular formula is C26H38N4O6S. The van der Waals surface area contributed by atoms with E-state index in [1.807, 2.05) is 0 Å². The third-order valence-corrected chi connectivity index (χ3v) is 7.74. The lowest BCUT2D eigenvalue weighted by molar-refractivity contribution is 0.0147. The van der Waals surface area contributed by atoms with Crippen molar-refractivity contribution in [2.24, 2.45) is 0 Å². The molecule has 1 aromatic heterocycles. The van der Waals surface area contributed by atoms with E-state index in [-0.39, 0.29) is 37.6 Å². The van der Waals surface area contributed by atoms with Crippen LogP contribution in [-0.4, -0.2) is 89.7 Å². The molecular weight excluding hydrogens is 496 g/mol. The molecule has 204 valence electrons. The lowest BCUT2D eigenvalue weighted by Gasteiger charge is -2.32. The maximum atomic E-state index is 13.9. The number of pyridine rings is 1. The Hall–Kier alpha value is -2.92. The molecule has 1 aromatic carbocycles. The fraction of sp³-hybridized carbons (Fsp3) is 0.577. The Bertz CT molecular complexity index is 1240. The summed E-state index contributed by atoms with van der Waals surface area (Å²) in [6, 6.07) is 6.06. The number of rotatable bonds is 2. The third-order valence-electron chi connectivity index (χ3n) is 5.73. The van der Waals surface area contributed by atoms with Gasteiger partial charge in [-0.15, -0.1) is 0 Å². The molecule has 2 aromatic rings. The average Bonchev–Trinajstić information content (AvgIpc) is 2.85. The molecule has 1 atom stereocenters. The summed E-state index contributed by atoms with van der Waals surface area (Å²) < 4.78 is 40.2. The summed E-state index contributed by atoms with van der Waals surface area (Å²) in [6.45, 7) is 13.0. The highest BCUT2D eigenvalue weighted by Crippen LogP contribution is 2.24. The normalized spacial score (nSPS) is 18.6. The first-order valence-electron chi connectivity index (χ1n) is 12.4. The monoisotopic (exact) mass is 534 g/mol. The zero-order valence-electron chi connectivity index (χ0n) is 22.7. The molecule has 37 heavy (non-hydrogen) atoms. The van der Waals surface area contributed by atoms with Crippen LogP contribution in [0.5, 0.6) is 0 Å². The zero-order chi connectivity index (χ0) is 27.6. The van der Waals surface area contributed by atoms with E-state index in [9.17, 15) is 18.0 Å². The van der Waals surface area contributed by atoms with Crippen molar-refractivity contribution < 1.29 is 27.5 Å². The van der Waals surface area contributed by atoms with Gasteiger partial charge in [-0.05, 0) is 72.1 Å². The van der Waals surface area contributed by atoms with Crippen LogP contribution in [0.1, 0.15) is 48.5 Å². The van der Waals surface area contributed by atoms with Gasteiger partial charge >= 0.3 is 12.2 Å². The number of carbonyl (C=O) groups is 2. The number of hydrogen-bond donors (Lipinski definition) is 0. The smallest absolute Gasteiger partial charge is 0.410 e. The second kappa shape index (κ2) is 10.8. The highest BCUT2D eigenvalue weighted by atomic mass is 32.2. The highest BCUT2D eigenvalue weighted by molar-refractivity contribution is 7.89. The molecule has 0 bridgehead atoms. The zero-order valence-corrected chi connectivity index (χ0v) is 23.5. The van der Waals surface area contributed by atoms with E-state index in [0.717, 1.165) is 10.8 Å². The van der Waals surface area contributed by atoms with Gasteiger partial charge in [0.15, 0.2) is 0 Å². The molecule has 2 amide bonds. The summed E-state index contributed by atoms with van der Waals surface area (Å²) in [7, 11) is -3.97. The van der Waals surface area contributed by atoms with Crippen molar-refractivity contribution in [2.45, 2.75) is 70.6 Å². The van der Waals surface area contributed by atoms with Crippen LogP contribution in [0.4, 0.5) is 9.59 Å². The van der Waals surface area contributed by atoms with Crippen LogP contribution in [0.25, 0.3) is 10.8 Å². The molecule has 1 saturated heterocycles. The first-order valence-corrected chi connectivity index (χ1v) is 13.8. The van der Waals surface area contributed by atoms with Crippen LogP contribution in [0.15, 0.2) is 41.6 Å². The molecule has 0 N–H and O–H groups in total. The topological polar surface area (TPSA) is 109 Å². The Labute approximate surface area is 219 Å². The predicted molar refractivity (Wildman–Crippen MR) is 141 cm³/mol. The molecule has 0 aliphatic carbocycles. The lowest BCUT2D eigenvalue weighted by atomic mass is 10.2. The predicted octanol–water partition coefficient (Wildman–Crippen LogP) is 4.10. The molecule has 1 aliphatic rings. The van der Waals surface area contributed by atoms with Gasteiger partial charge in [0.05, 0.1) is 4.90 Å². The van der Waals surface area contributed by atoms with Gasteiger partial charge in [-0.2, -0.15) is 4.31 Å². The Kier molecular flexibility index (Phi) is 8.38. The van der Waals surface area contributed by atoms with Gasteiger partial charge in [-0.1, -0.05) is 6.07 Å². The van der Waals surface area contributed by atoms with Gasteiger partial charge in [0, 0.05) is 56.5 Å². The molecule has 3 rings (SSSR count). The van der Waals surface area contributed by atoms with E-state index in [1.54, 1.807) is 85.1 Å². The van der Waals surface area contributed by atoms with Crippen molar-refractivity contribution in [3.63, 3.8) is 0 Å². The van der Waals surface area contributed by atoms with Crippen LogP contribution < -0.4 is 0 Å².